The zero-order valence-electron chi connectivity index (χ0n) is 13.0. The van der Waals surface area contributed by atoms with E-state index >= 15 is 0 Å². The van der Waals surface area contributed by atoms with Crippen molar-refractivity contribution in [1.82, 2.24) is 4.57 Å². The third-order valence-corrected chi connectivity index (χ3v) is 7.32. The minimum Gasteiger partial charge on any atom is -0.465 e. The van der Waals surface area contributed by atoms with E-state index < -0.39 is 16.0 Å². The molecule has 0 fully saturated rings. The summed E-state index contributed by atoms with van der Waals surface area (Å²) in [6, 6.07) is 10.2. The van der Waals surface area contributed by atoms with Gasteiger partial charge in [0.15, 0.2) is 0 Å². The summed E-state index contributed by atoms with van der Waals surface area (Å²) in [5.41, 5.74) is 0.721. The lowest BCUT2D eigenvalue weighted by molar-refractivity contribution is -0.143. The first-order chi connectivity index (χ1) is 11.9. The van der Waals surface area contributed by atoms with E-state index in [1.807, 2.05) is 18.2 Å². The van der Waals surface area contributed by atoms with Crippen LogP contribution in [0.4, 0.5) is 0 Å². The molecule has 0 aliphatic rings. The summed E-state index contributed by atoms with van der Waals surface area (Å²) in [6.45, 7) is 1.85. The molecule has 132 valence electrons. The molecule has 0 aliphatic heterocycles. The molecule has 10 heteroatoms. The molecule has 1 aromatic carbocycles. The quantitative estimate of drug-likeness (QED) is 0.598. The predicted molar refractivity (Wildman–Crippen MR) is 98.5 cm³/mol. The number of carbonyl (C=O) groups is 1. The van der Waals surface area contributed by atoms with Crippen molar-refractivity contribution in [2.24, 2.45) is 4.40 Å². The van der Waals surface area contributed by atoms with Crippen LogP contribution in [0.25, 0.3) is 10.2 Å². The third-order valence-electron chi connectivity index (χ3n) is 3.18. The molecular formula is C15H13ClN2O4S3. The fourth-order valence-electron chi connectivity index (χ4n) is 2.16. The van der Waals surface area contributed by atoms with E-state index in [0.717, 1.165) is 21.6 Å². The van der Waals surface area contributed by atoms with Crippen LogP contribution in [0.2, 0.25) is 4.34 Å². The van der Waals surface area contributed by atoms with Crippen LogP contribution in [0.5, 0.6) is 0 Å². The van der Waals surface area contributed by atoms with Crippen LogP contribution in [0, 0.1) is 0 Å². The number of hydrogen-bond donors (Lipinski definition) is 0. The molecule has 0 N–H and O–H groups in total. The highest BCUT2D eigenvalue weighted by molar-refractivity contribution is 7.92. The second-order valence-electron chi connectivity index (χ2n) is 4.87. The first-order valence-corrected chi connectivity index (χ1v) is 10.7. The summed E-state index contributed by atoms with van der Waals surface area (Å²) in [5.74, 6) is -0.455. The van der Waals surface area contributed by atoms with Crippen molar-refractivity contribution in [3.8, 4) is 0 Å². The second-order valence-corrected chi connectivity index (χ2v) is 9.42. The number of thiophene rings is 1. The largest absolute Gasteiger partial charge is 0.465 e. The summed E-state index contributed by atoms with van der Waals surface area (Å²) in [7, 11) is -3.91. The monoisotopic (exact) mass is 416 g/mol. The van der Waals surface area contributed by atoms with Crippen molar-refractivity contribution < 1.29 is 17.9 Å². The van der Waals surface area contributed by atoms with Gasteiger partial charge in [0.2, 0.25) is 4.80 Å². The SMILES string of the molecule is CCOC(=O)Cn1/c(=N/S(=O)(=O)c2ccc(Cl)s2)sc2ccccc21. The maximum Gasteiger partial charge on any atom is 0.326 e. The molecule has 0 bridgehead atoms. The summed E-state index contributed by atoms with van der Waals surface area (Å²) in [4.78, 5) is 12.1. The lowest BCUT2D eigenvalue weighted by atomic mass is 10.3. The number of halogens is 1. The van der Waals surface area contributed by atoms with Gasteiger partial charge in [-0.3, -0.25) is 4.79 Å². The van der Waals surface area contributed by atoms with Crippen molar-refractivity contribution in [2.75, 3.05) is 6.61 Å². The highest BCUT2D eigenvalue weighted by Crippen LogP contribution is 2.27. The molecule has 3 aromatic rings. The fourth-order valence-corrected chi connectivity index (χ4v) is 5.86. The summed E-state index contributed by atoms with van der Waals surface area (Å²) in [6.07, 6.45) is 0. The molecule has 0 unspecified atom stereocenters. The van der Waals surface area contributed by atoms with Gasteiger partial charge in [-0.25, -0.2) is 0 Å². The van der Waals surface area contributed by atoms with Crippen molar-refractivity contribution in [2.45, 2.75) is 17.7 Å². The molecule has 0 amide bonds. The van der Waals surface area contributed by atoms with Gasteiger partial charge >= 0.3 is 5.97 Å². The molecule has 0 aliphatic carbocycles. The Morgan fingerprint density at radius 2 is 2.00 bits per heavy atom. The standard InChI is InChI=1S/C15H13ClN2O4S3/c1-2-22-13(19)9-18-10-5-3-4-6-11(10)23-15(18)17-25(20,21)14-8-7-12(16)24-14/h3-8H,2,9H2,1H3/b17-15-. The van der Waals surface area contributed by atoms with Crippen LogP contribution in [0.3, 0.4) is 0 Å². The highest BCUT2D eigenvalue weighted by atomic mass is 35.5. The maximum atomic E-state index is 12.5. The zero-order valence-corrected chi connectivity index (χ0v) is 16.2. The molecular weight excluding hydrogens is 404 g/mol. The number of rotatable bonds is 5. The van der Waals surface area contributed by atoms with Gasteiger partial charge in [0.05, 0.1) is 21.2 Å². The number of fused-ring (bicyclic) bond motifs is 1. The van der Waals surface area contributed by atoms with Crippen LogP contribution in [0.15, 0.2) is 45.0 Å². The average molecular weight is 417 g/mol. The summed E-state index contributed by atoms with van der Waals surface area (Å²) < 4.78 is 36.7. The Balaban J connectivity index is 2.16. The number of hydrogen-bond acceptors (Lipinski definition) is 6. The summed E-state index contributed by atoms with van der Waals surface area (Å²) in [5, 5.41) is 0. The molecule has 2 aromatic heterocycles. The number of thiazole rings is 1. The van der Waals surface area contributed by atoms with E-state index in [9.17, 15) is 13.2 Å². The minimum atomic E-state index is -3.91. The van der Waals surface area contributed by atoms with E-state index in [1.54, 1.807) is 17.6 Å². The van der Waals surface area contributed by atoms with Crippen molar-refractivity contribution >= 4 is 60.5 Å². The Morgan fingerprint density at radius 3 is 2.68 bits per heavy atom. The fraction of sp³-hybridized carbons (Fsp3) is 0.200. The molecule has 6 nitrogen and oxygen atoms in total. The first-order valence-electron chi connectivity index (χ1n) is 7.21. The Bertz CT molecular complexity index is 1100. The molecule has 2 heterocycles. The van der Waals surface area contributed by atoms with Gasteiger partial charge in [-0.2, -0.15) is 8.42 Å². The molecule has 3 rings (SSSR count). The van der Waals surface area contributed by atoms with Crippen molar-refractivity contribution in [1.29, 1.82) is 0 Å². The molecule has 0 atom stereocenters. The van der Waals surface area contributed by atoms with Crippen LogP contribution in [0.1, 0.15) is 6.92 Å². The van der Waals surface area contributed by atoms with Gasteiger partial charge in [-0.15, -0.1) is 15.7 Å². The van der Waals surface area contributed by atoms with E-state index in [0.29, 0.717) is 4.34 Å². The minimum absolute atomic E-state index is 0.0534. The van der Waals surface area contributed by atoms with Crippen LogP contribution in [-0.2, 0) is 26.1 Å². The second kappa shape index (κ2) is 7.28. The zero-order chi connectivity index (χ0) is 18.0. The number of benzene rings is 1. The van der Waals surface area contributed by atoms with E-state index in [2.05, 4.69) is 4.40 Å². The van der Waals surface area contributed by atoms with Crippen LogP contribution < -0.4 is 4.80 Å². The Hall–Kier alpha value is -1.68. The lowest BCUT2D eigenvalue weighted by Gasteiger charge is -2.04. The van der Waals surface area contributed by atoms with E-state index in [1.165, 1.54) is 23.5 Å². The predicted octanol–water partition coefficient (Wildman–Crippen LogP) is 3.27. The van der Waals surface area contributed by atoms with Gasteiger partial charge in [-0.05, 0) is 31.2 Å². The average Bonchev–Trinajstić information content (AvgIpc) is 3.13. The molecule has 25 heavy (non-hydrogen) atoms. The Labute approximate surface area is 157 Å². The molecule has 0 saturated carbocycles. The smallest absolute Gasteiger partial charge is 0.326 e. The first kappa shape index (κ1) is 18.1. The number of ether oxygens (including phenoxy) is 1. The Morgan fingerprint density at radius 1 is 1.24 bits per heavy atom. The maximum absolute atomic E-state index is 12.5. The molecule has 0 spiro atoms. The Kier molecular flexibility index (Phi) is 5.28. The van der Waals surface area contributed by atoms with Crippen LogP contribution in [-0.4, -0.2) is 25.6 Å². The number of esters is 1. The lowest BCUT2D eigenvalue weighted by Crippen LogP contribution is -2.23. The van der Waals surface area contributed by atoms with E-state index in [-0.39, 0.29) is 22.2 Å². The van der Waals surface area contributed by atoms with Gasteiger partial charge in [0, 0.05) is 0 Å². The molecule has 0 saturated heterocycles. The van der Waals surface area contributed by atoms with Crippen molar-refractivity contribution in [3.63, 3.8) is 0 Å². The van der Waals surface area contributed by atoms with Gasteiger partial charge < -0.3 is 9.30 Å². The topological polar surface area (TPSA) is 77.7 Å². The van der Waals surface area contributed by atoms with E-state index in [4.69, 9.17) is 16.3 Å². The van der Waals surface area contributed by atoms with Crippen LogP contribution >= 0.6 is 34.3 Å². The number of carbonyl (C=O) groups excluding carboxylic acids is 1. The summed E-state index contributed by atoms with van der Waals surface area (Å²) >= 11 is 7.95. The highest BCUT2D eigenvalue weighted by Gasteiger charge is 2.18. The third kappa shape index (κ3) is 3.95. The van der Waals surface area contributed by atoms with Gasteiger partial charge in [0.25, 0.3) is 10.0 Å². The van der Waals surface area contributed by atoms with Gasteiger partial charge in [0.1, 0.15) is 10.8 Å². The molecule has 0 radical (unpaired) electrons. The normalized spacial score (nSPS) is 12.6. The number of nitrogens with zero attached hydrogens (tertiary/aromatic N) is 2. The number of sulfonamides is 1. The van der Waals surface area contributed by atoms with Crippen molar-refractivity contribution in [3.05, 3.63) is 45.5 Å². The number of aromatic nitrogens is 1. The van der Waals surface area contributed by atoms with Gasteiger partial charge in [-0.1, -0.05) is 35.1 Å². The number of para-hydroxylation sites is 1.